The van der Waals surface area contributed by atoms with Crippen molar-refractivity contribution in [2.24, 2.45) is 0 Å². The molecular weight excluding hydrogens is 263 g/mol. The number of anilines is 1. The number of terminal acetylenes is 1. The number of nitrogens with zero attached hydrogens (tertiary/aromatic N) is 1. The first kappa shape index (κ1) is 14.8. The van der Waals surface area contributed by atoms with E-state index in [9.17, 15) is 13.2 Å². The van der Waals surface area contributed by atoms with Crippen LogP contribution in [-0.2, 0) is 11.6 Å². The highest BCUT2D eigenvalue weighted by Crippen LogP contribution is 2.43. The third kappa shape index (κ3) is 2.77. The first-order valence-electron chi connectivity index (χ1n) is 6.66. The van der Waals surface area contributed by atoms with Gasteiger partial charge in [-0.15, -0.1) is 12.3 Å². The number of hydrogen-bond acceptors (Lipinski definition) is 1. The molecule has 108 valence electrons. The van der Waals surface area contributed by atoms with Crippen LogP contribution in [0.2, 0.25) is 0 Å². The summed E-state index contributed by atoms with van der Waals surface area (Å²) in [4.78, 5) is 2.13. The predicted octanol–water partition coefficient (Wildman–Crippen LogP) is 4.22. The molecule has 0 spiro atoms. The molecule has 0 aliphatic carbocycles. The zero-order chi connectivity index (χ0) is 15.0. The van der Waals surface area contributed by atoms with Crippen molar-refractivity contribution in [2.45, 2.75) is 38.3 Å². The van der Waals surface area contributed by atoms with E-state index in [1.807, 2.05) is 13.8 Å². The molecule has 1 aliphatic heterocycles. The Morgan fingerprint density at radius 2 is 2.05 bits per heavy atom. The van der Waals surface area contributed by atoms with Gasteiger partial charge in [-0.05, 0) is 30.2 Å². The topological polar surface area (TPSA) is 3.24 Å². The van der Waals surface area contributed by atoms with E-state index in [2.05, 4.69) is 10.8 Å². The summed E-state index contributed by atoms with van der Waals surface area (Å²) in [6, 6.07) is 4.04. The Morgan fingerprint density at radius 1 is 1.35 bits per heavy atom. The molecule has 1 nitrogen and oxygen atoms in total. The standard InChI is InChI=1S/C16H18F3N/c1-4-5-6-9-20-11-15(2,3)13-10-12(16(17,18)19)7-8-14(13)20/h1,7-8,10H,5-6,9,11H2,2-3H3. The molecule has 2 rings (SSSR count). The predicted molar refractivity (Wildman–Crippen MR) is 74.8 cm³/mol. The molecule has 1 aromatic carbocycles. The lowest BCUT2D eigenvalue weighted by Gasteiger charge is -2.22. The van der Waals surface area contributed by atoms with Crippen molar-refractivity contribution in [3.05, 3.63) is 29.3 Å². The number of halogens is 3. The summed E-state index contributed by atoms with van der Waals surface area (Å²) in [5, 5.41) is 0. The van der Waals surface area contributed by atoms with Gasteiger partial charge in [-0.2, -0.15) is 13.2 Å². The van der Waals surface area contributed by atoms with Crippen LogP contribution in [0.4, 0.5) is 18.9 Å². The van der Waals surface area contributed by atoms with Crippen LogP contribution >= 0.6 is 0 Å². The van der Waals surface area contributed by atoms with E-state index >= 15 is 0 Å². The van der Waals surface area contributed by atoms with Crippen molar-refractivity contribution in [3.8, 4) is 12.3 Å². The molecule has 1 aliphatic rings. The van der Waals surface area contributed by atoms with Gasteiger partial charge in [0.25, 0.3) is 0 Å². The zero-order valence-corrected chi connectivity index (χ0v) is 11.7. The van der Waals surface area contributed by atoms with Crippen LogP contribution in [0.1, 0.15) is 37.8 Å². The zero-order valence-electron chi connectivity index (χ0n) is 11.7. The highest BCUT2D eigenvalue weighted by atomic mass is 19.4. The Labute approximate surface area is 117 Å². The second kappa shape index (κ2) is 5.05. The number of fused-ring (bicyclic) bond motifs is 1. The minimum atomic E-state index is -4.29. The number of unbranched alkanes of at least 4 members (excludes halogenated alkanes) is 1. The van der Waals surface area contributed by atoms with E-state index in [1.54, 1.807) is 6.07 Å². The number of hydrogen-bond donors (Lipinski definition) is 0. The molecule has 0 amide bonds. The second-order valence-corrected chi connectivity index (χ2v) is 5.84. The Kier molecular flexibility index (Phi) is 3.73. The lowest BCUT2D eigenvalue weighted by Crippen LogP contribution is -2.29. The minimum absolute atomic E-state index is 0.271. The number of rotatable bonds is 3. The number of alkyl halides is 3. The first-order chi connectivity index (χ1) is 9.25. The lowest BCUT2D eigenvalue weighted by atomic mass is 9.86. The van der Waals surface area contributed by atoms with Gasteiger partial charge in [0.05, 0.1) is 5.56 Å². The lowest BCUT2D eigenvalue weighted by molar-refractivity contribution is -0.137. The van der Waals surface area contributed by atoms with Crippen molar-refractivity contribution < 1.29 is 13.2 Å². The largest absolute Gasteiger partial charge is 0.416 e. The van der Waals surface area contributed by atoms with Crippen LogP contribution < -0.4 is 4.90 Å². The molecule has 0 fully saturated rings. The highest BCUT2D eigenvalue weighted by molar-refractivity contribution is 5.63. The molecular formula is C16H18F3N. The average molecular weight is 281 g/mol. The van der Waals surface area contributed by atoms with E-state index in [1.165, 1.54) is 6.07 Å². The van der Waals surface area contributed by atoms with Crippen LogP contribution in [0.3, 0.4) is 0 Å². The van der Waals surface area contributed by atoms with E-state index in [0.29, 0.717) is 6.42 Å². The van der Waals surface area contributed by atoms with Gasteiger partial charge in [0.2, 0.25) is 0 Å². The SMILES string of the molecule is C#CCCCN1CC(C)(C)c2cc(C(F)(F)F)ccc21. The molecule has 0 unspecified atom stereocenters. The molecule has 1 heterocycles. The number of benzene rings is 1. The molecule has 0 bridgehead atoms. The fourth-order valence-electron chi connectivity index (χ4n) is 2.75. The summed E-state index contributed by atoms with van der Waals surface area (Å²) >= 11 is 0. The van der Waals surface area contributed by atoms with Crippen molar-refractivity contribution in [1.82, 2.24) is 0 Å². The summed E-state index contributed by atoms with van der Waals surface area (Å²) in [5.41, 5.74) is 0.829. The molecule has 0 saturated heterocycles. The fourth-order valence-corrected chi connectivity index (χ4v) is 2.75. The van der Waals surface area contributed by atoms with Gasteiger partial charge in [-0.1, -0.05) is 13.8 Å². The molecule has 1 aromatic rings. The quantitative estimate of drug-likeness (QED) is 0.592. The first-order valence-corrected chi connectivity index (χ1v) is 6.66. The van der Waals surface area contributed by atoms with Crippen molar-refractivity contribution in [1.29, 1.82) is 0 Å². The summed E-state index contributed by atoms with van der Waals surface area (Å²) in [5.74, 6) is 2.59. The summed E-state index contributed by atoms with van der Waals surface area (Å²) in [6.07, 6.45) is 2.49. The normalized spacial score (nSPS) is 16.9. The van der Waals surface area contributed by atoms with Crippen LogP contribution in [0.15, 0.2) is 18.2 Å². The van der Waals surface area contributed by atoms with Gasteiger partial charge in [0.1, 0.15) is 0 Å². The monoisotopic (exact) mass is 281 g/mol. The van der Waals surface area contributed by atoms with Crippen molar-refractivity contribution >= 4 is 5.69 Å². The smallest absolute Gasteiger partial charge is 0.370 e. The van der Waals surface area contributed by atoms with Gasteiger partial charge in [0.15, 0.2) is 0 Å². The van der Waals surface area contributed by atoms with Crippen LogP contribution in [0.25, 0.3) is 0 Å². The Morgan fingerprint density at radius 3 is 2.65 bits per heavy atom. The van der Waals surface area contributed by atoms with Crippen LogP contribution in [0, 0.1) is 12.3 Å². The fraction of sp³-hybridized carbons (Fsp3) is 0.500. The maximum Gasteiger partial charge on any atom is 0.416 e. The van der Waals surface area contributed by atoms with Crippen LogP contribution in [-0.4, -0.2) is 13.1 Å². The molecule has 0 aromatic heterocycles. The maximum absolute atomic E-state index is 12.8. The Hall–Kier alpha value is -1.63. The molecule has 0 radical (unpaired) electrons. The van der Waals surface area contributed by atoms with Gasteiger partial charge in [-0.3, -0.25) is 0 Å². The van der Waals surface area contributed by atoms with E-state index < -0.39 is 11.7 Å². The Bertz CT molecular complexity index is 538. The average Bonchev–Trinajstić information content (AvgIpc) is 2.60. The van der Waals surface area contributed by atoms with Crippen molar-refractivity contribution in [3.63, 3.8) is 0 Å². The summed E-state index contributed by atoms with van der Waals surface area (Å²) in [7, 11) is 0. The third-order valence-electron chi connectivity index (χ3n) is 3.73. The summed E-state index contributed by atoms with van der Waals surface area (Å²) < 4.78 is 38.5. The van der Waals surface area contributed by atoms with Crippen molar-refractivity contribution in [2.75, 3.05) is 18.0 Å². The minimum Gasteiger partial charge on any atom is -0.370 e. The van der Waals surface area contributed by atoms with Gasteiger partial charge in [0, 0.05) is 30.6 Å². The summed E-state index contributed by atoms with van der Waals surface area (Å²) in [6.45, 7) is 5.47. The molecule has 20 heavy (non-hydrogen) atoms. The molecule has 0 N–H and O–H groups in total. The Balaban J connectivity index is 2.31. The van der Waals surface area contributed by atoms with E-state index in [-0.39, 0.29) is 5.41 Å². The highest BCUT2D eigenvalue weighted by Gasteiger charge is 2.38. The molecule has 0 saturated carbocycles. The van der Waals surface area contributed by atoms with Gasteiger partial charge in [-0.25, -0.2) is 0 Å². The van der Waals surface area contributed by atoms with Crippen LogP contribution in [0.5, 0.6) is 0 Å². The third-order valence-corrected chi connectivity index (χ3v) is 3.73. The molecule has 0 atom stereocenters. The second-order valence-electron chi connectivity index (χ2n) is 5.84. The van der Waals surface area contributed by atoms with Gasteiger partial charge < -0.3 is 4.90 Å². The maximum atomic E-state index is 12.8. The van der Waals surface area contributed by atoms with Gasteiger partial charge >= 0.3 is 6.18 Å². The van der Waals surface area contributed by atoms with E-state index in [4.69, 9.17) is 6.42 Å². The molecule has 4 heteroatoms. The van der Waals surface area contributed by atoms with E-state index in [0.717, 1.165) is 36.8 Å².